The molecule has 0 amide bonds. The van der Waals surface area contributed by atoms with Crippen molar-refractivity contribution in [1.82, 2.24) is 4.98 Å². The van der Waals surface area contributed by atoms with Crippen molar-refractivity contribution in [2.45, 2.75) is 6.61 Å². The van der Waals surface area contributed by atoms with E-state index in [0.29, 0.717) is 27.8 Å². The number of carbonyl (C=O) groups is 1. The van der Waals surface area contributed by atoms with Crippen molar-refractivity contribution in [3.8, 4) is 5.75 Å². The molecule has 1 aromatic heterocycles. The van der Waals surface area contributed by atoms with Gasteiger partial charge in [0.15, 0.2) is 12.2 Å². The summed E-state index contributed by atoms with van der Waals surface area (Å²) in [5.41, 5.74) is 1.16. The molecule has 1 heterocycles. The van der Waals surface area contributed by atoms with Gasteiger partial charge in [0.25, 0.3) is 0 Å². The van der Waals surface area contributed by atoms with E-state index < -0.39 is 5.97 Å². The first kappa shape index (κ1) is 13.5. The predicted molar refractivity (Wildman–Crippen MR) is 76.8 cm³/mol. The zero-order chi connectivity index (χ0) is 14.8. The highest BCUT2D eigenvalue weighted by atomic mass is 35.5. The number of hydrogen-bond donors (Lipinski definition) is 1. The van der Waals surface area contributed by atoms with Crippen LogP contribution in [0, 0.1) is 0 Å². The van der Waals surface area contributed by atoms with Gasteiger partial charge in [0, 0.05) is 5.02 Å². The summed E-state index contributed by atoms with van der Waals surface area (Å²) in [6, 6.07) is 11.5. The summed E-state index contributed by atoms with van der Waals surface area (Å²) in [6.45, 7) is 0.136. The number of aromatic carboxylic acids is 1. The highest BCUT2D eigenvalue weighted by molar-refractivity contribution is 6.30. The minimum atomic E-state index is -1.01. The van der Waals surface area contributed by atoms with Crippen molar-refractivity contribution in [3.63, 3.8) is 0 Å². The van der Waals surface area contributed by atoms with Gasteiger partial charge in [0.05, 0.1) is 5.56 Å². The molecular formula is C15H10ClNO4. The number of halogens is 1. The Bertz CT molecular complexity index is 812. The van der Waals surface area contributed by atoms with E-state index in [0.717, 1.165) is 0 Å². The van der Waals surface area contributed by atoms with E-state index in [2.05, 4.69) is 4.98 Å². The van der Waals surface area contributed by atoms with Gasteiger partial charge >= 0.3 is 5.97 Å². The van der Waals surface area contributed by atoms with Crippen LogP contribution in [0.25, 0.3) is 11.1 Å². The van der Waals surface area contributed by atoms with Crippen molar-refractivity contribution in [2.24, 2.45) is 0 Å². The summed E-state index contributed by atoms with van der Waals surface area (Å²) >= 11 is 5.86. The highest BCUT2D eigenvalue weighted by Gasteiger charge is 2.10. The Morgan fingerprint density at radius 2 is 2.14 bits per heavy atom. The largest absolute Gasteiger partial charge is 0.484 e. The van der Waals surface area contributed by atoms with Crippen molar-refractivity contribution in [1.29, 1.82) is 0 Å². The van der Waals surface area contributed by atoms with E-state index in [9.17, 15) is 4.79 Å². The van der Waals surface area contributed by atoms with Gasteiger partial charge in [-0.15, -0.1) is 0 Å². The van der Waals surface area contributed by atoms with Crippen molar-refractivity contribution < 1.29 is 19.1 Å². The predicted octanol–water partition coefficient (Wildman–Crippen LogP) is 3.76. The maximum Gasteiger partial charge on any atom is 0.335 e. The lowest BCUT2D eigenvalue weighted by molar-refractivity contribution is 0.0697. The van der Waals surface area contributed by atoms with Gasteiger partial charge in [-0.3, -0.25) is 0 Å². The molecule has 0 radical (unpaired) electrons. The van der Waals surface area contributed by atoms with Crippen LogP contribution >= 0.6 is 11.6 Å². The van der Waals surface area contributed by atoms with Gasteiger partial charge in [-0.25, -0.2) is 9.78 Å². The Kier molecular flexibility index (Phi) is 3.50. The number of nitrogens with zero attached hydrogens (tertiary/aromatic N) is 1. The Balaban J connectivity index is 1.80. The maximum absolute atomic E-state index is 10.9. The van der Waals surface area contributed by atoms with Crippen molar-refractivity contribution in [3.05, 3.63) is 58.9 Å². The van der Waals surface area contributed by atoms with E-state index >= 15 is 0 Å². The average molecular weight is 304 g/mol. The number of aromatic nitrogens is 1. The lowest BCUT2D eigenvalue weighted by Gasteiger charge is -2.02. The third-order valence-corrected chi connectivity index (χ3v) is 3.07. The molecule has 3 aromatic rings. The average Bonchev–Trinajstić information content (AvgIpc) is 2.87. The number of rotatable bonds is 4. The number of carboxylic acid groups (broad SMARTS) is 1. The van der Waals surface area contributed by atoms with Crippen LogP contribution in [0.15, 0.2) is 46.9 Å². The summed E-state index contributed by atoms with van der Waals surface area (Å²) in [5.74, 6) is -0.0338. The molecule has 0 saturated carbocycles. The van der Waals surface area contributed by atoms with E-state index in [1.165, 1.54) is 12.1 Å². The molecular weight excluding hydrogens is 294 g/mol. The lowest BCUT2D eigenvalue weighted by Crippen LogP contribution is -1.95. The molecule has 1 N–H and O–H groups in total. The summed E-state index contributed by atoms with van der Waals surface area (Å²) < 4.78 is 11.0. The molecule has 106 valence electrons. The van der Waals surface area contributed by atoms with Gasteiger partial charge < -0.3 is 14.3 Å². The second kappa shape index (κ2) is 5.46. The number of ether oxygens (including phenoxy) is 1. The molecule has 0 aliphatic heterocycles. The summed E-state index contributed by atoms with van der Waals surface area (Å²) in [4.78, 5) is 15.1. The third kappa shape index (κ3) is 2.98. The van der Waals surface area contributed by atoms with Crippen LogP contribution in [0.4, 0.5) is 0 Å². The number of fused-ring (bicyclic) bond motifs is 1. The molecule has 0 unspecified atom stereocenters. The first-order valence-electron chi connectivity index (χ1n) is 6.13. The zero-order valence-electron chi connectivity index (χ0n) is 10.7. The fraction of sp³-hybridized carbons (Fsp3) is 0.0667. The van der Waals surface area contributed by atoms with E-state index in [1.54, 1.807) is 30.3 Å². The van der Waals surface area contributed by atoms with Gasteiger partial charge in [-0.2, -0.15) is 0 Å². The van der Waals surface area contributed by atoms with Crippen LogP contribution in [-0.2, 0) is 6.61 Å². The SMILES string of the molecule is O=C(O)c1ccc2nc(COc3cccc(Cl)c3)oc2c1. The van der Waals surface area contributed by atoms with Gasteiger partial charge in [0.2, 0.25) is 5.89 Å². The maximum atomic E-state index is 10.9. The highest BCUT2D eigenvalue weighted by Crippen LogP contribution is 2.21. The number of benzene rings is 2. The Morgan fingerprint density at radius 1 is 1.29 bits per heavy atom. The molecule has 0 saturated heterocycles. The molecule has 0 aliphatic carbocycles. The molecule has 0 atom stereocenters. The monoisotopic (exact) mass is 303 g/mol. The first-order chi connectivity index (χ1) is 10.1. The number of hydrogen-bond acceptors (Lipinski definition) is 4. The summed E-state index contributed by atoms with van der Waals surface area (Å²) in [5, 5.41) is 9.51. The molecule has 0 bridgehead atoms. The molecule has 0 aliphatic rings. The topological polar surface area (TPSA) is 72.6 Å². The standard InChI is InChI=1S/C15H10ClNO4/c16-10-2-1-3-11(7-10)20-8-14-17-12-5-4-9(15(18)19)6-13(12)21-14/h1-7H,8H2,(H,18,19). The van der Waals surface area contributed by atoms with Crippen molar-refractivity contribution >= 4 is 28.7 Å². The van der Waals surface area contributed by atoms with Crippen LogP contribution in [-0.4, -0.2) is 16.1 Å². The summed E-state index contributed by atoms with van der Waals surface area (Å²) in [6.07, 6.45) is 0. The first-order valence-corrected chi connectivity index (χ1v) is 6.51. The Hall–Kier alpha value is -2.53. The van der Waals surface area contributed by atoms with Crippen LogP contribution < -0.4 is 4.74 Å². The number of carboxylic acids is 1. The molecule has 0 spiro atoms. The second-order valence-electron chi connectivity index (χ2n) is 4.34. The van der Waals surface area contributed by atoms with Crippen LogP contribution in [0.3, 0.4) is 0 Å². The summed E-state index contributed by atoms with van der Waals surface area (Å²) in [7, 11) is 0. The molecule has 6 heteroatoms. The van der Waals surface area contributed by atoms with E-state index in [4.69, 9.17) is 25.9 Å². The van der Waals surface area contributed by atoms with Crippen LogP contribution in [0.2, 0.25) is 5.02 Å². The smallest absolute Gasteiger partial charge is 0.335 e. The zero-order valence-corrected chi connectivity index (χ0v) is 11.5. The second-order valence-corrected chi connectivity index (χ2v) is 4.78. The van der Waals surface area contributed by atoms with E-state index in [-0.39, 0.29) is 12.2 Å². The van der Waals surface area contributed by atoms with Crippen LogP contribution in [0.5, 0.6) is 5.75 Å². The Morgan fingerprint density at radius 3 is 2.90 bits per heavy atom. The van der Waals surface area contributed by atoms with Gasteiger partial charge in [0.1, 0.15) is 11.3 Å². The molecule has 0 fully saturated rings. The minimum absolute atomic E-state index is 0.136. The minimum Gasteiger partial charge on any atom is -0.484 e. The fourth-order valence-corrected chi connectivity index (χ4v) is 2.05. The Labute approximate surface area is 124 Å². The fourth-order valence-electron chi connectivity index (χ4n) is 1.87. The molecule has 21 heavy (non-hydrogen) atoms. The van der Waals surface area contributed by atoms with Crippen molar-refractivity contribution in [2.75, 3.05) is 0 Å². The molecule has 2 aromatic carbocycles. The van der Waals surface area contributed by atoms with Crippen LogP contribution in [0.1, 0.15) is 16.2 Å². The number of oxazole rings is 1. The molecule has 3 rings (SSSR count). The third-order valence-electron chi connectivity index (χ3n) is 2.84. The lowest BCUT2D eigenvalue weighted by atomic mass is 10.2. The van der Waals surface area contributed by atoms with Gasteiger partial charge in [-0.1, -0.05) is 17.7 Å². The quantitative estimate of drug-likeness (QED) is 0.794. The van der Waals surface area contributed by atoms with Gasteiger partial charge in [-0.05, 0) is 36.4 Å². The van der Waals surface area contributed by atoms with E-state index in [1.807, 2.05) is 0 Å². The normalized spacial score (nSPS) is 10.7. The molecule has 5 nitrogen and oxygen atoms in total.